The summed E-state index contributed by atoms with van der Waals surface area (Å²) in [6.45, 7) is 5.22. The van der Waals surface area contributed by atoms with Crippen molar-refractivity contribution < 1.29 is 4.79 Å². The van der Waals surface area contributed by atoms with Crippen molar-refractivity contribution in [3.8, 4) is 0 Å². The van der Waals surface area contributed by atoms with Crippen LogP contribution in [0.4, 0.5) is 0 Å². The third kappa shape index (κ3) is 3.82. The van der Waals surface area contributed by atoms with Crippen LogP contribution in [0.25, 0.3) is 0 Å². The molecule has 0 aromatic rings. The summed E-state index contributed by atoms with van der Waals surface area (Å²) in [7, 11) is 0. The highest BCUT2D eigenvalue weighted by Crippen LogP contribution is 2.18. The summed E-state index contributed by atoms with van der Waals surface area (Å²) in [6, 6.07) is 0.409. The van der Waals surface area contributed by atoms with Gasteiger partial charge in [0.25, 0.3) is 0 Å². The molecule has 5 heteroatoms. The second kappa shape index (κ2) is 6.72. The van der Waals surface area contributed by atoms with Crippen molar-refractivity contribution >= 4 is 30.1 Å². The highest BCUT2D eigenvalue weighted by atomic mass is 35.5. The molecule has 2 saturated heterocycles. The second-order valence-corrected chi connectivity index (χ2v) is 5.81. The molecule has 2 aliphatic rings. The number of amides is 1. The van der Waals surface area contributed by atoms with Crippen molar-refractivity contribution in [1.29, 1.82) is 0 Å². The number of hydrogen-bond acceptors (Lipinski definition) is 3. The van der Waals surface area contributed by atoms with Crippen molar-refractivity contribution in [1.82, 2.24) is 10.2 Å². The topological polar surface area (TPSA) is 32.3 Å². The normalized spacial score (nSPS) is 29.9. The predicted molar refractivity (Wildman–Crippen MR) is 71.3 cm³/mol. The first-order valence-electron chi connectivity index (χ1n) is 5.84. The Morgan fingerprint density at radius 3 is 2.94 bits per heavy atom. The van der Waals surface area contributed by atoms with Gasteiger partial charge in [-0.3, -0.25) is 4.79 Å². The molecule has 0 spiro atoms. The number of nitrogens with zero attached hydrogens (tertiary/aromatic N) is 1. The maximum atomic E-state index is 11.9. The van der Waals surface area contributed by atoms with Crippen LogP contribution in [0.15, 0.2) is 0 Å². The summed E-state index contributed by atoms with van der Waals surface area (Å²) < 4.78 is 0. The Morgan fingerprint density at radius 1 is 1.56 bits per heavy atom. The van der Waals surface area contributed by atoms with Crippen LogP contribution >= 0.6 is 24.2 Å². The number of nitrogens with one attached hydrogen (secondary N) is 1. The molecule has 3 nitrogen and oxygen atoms in total. The standard InChI is InChI=1S/C11H20N2OS.ClH/c1-9-2-4-13(7-9)11(14)6-10-8-15-5-3-12-10;/h9-10,12H,2-8H2,1H3;1H. The molecule has 0 aromatic carbocycles. The van der Waals surface area contributed by atoms with E-state index in [4.69, 9.17) is 0 Å². The average molecular weight is 265 g/mol. The second-order valence-electron chi connectivity index (χ2n) is 4.66. The van der Waals surface area contributed by atoms with Gasteiger partial charge in [-0.05, 0) is 12.3 Å². The molecule has 0 radical (unpaired) electrons. The van der Waals surface area contributed by atoms with Crippen LogP contribution < -0.4 is 5.32 Å². The molecule has 2 atom stereocenters. The molecule has 2 heterocycles. The minimum Gasteiger partial charge on any atom is -0.342 e. The van der Waals surface area contributed by atoms with Gasteiger partial charge in [0.2, 0.25) is 5.91 Å². The fourth-order valence-electron chi connectivity index (χ4n) is 2.25. The first-order chi connectivity index (χ1) is 7.25. The van der Waals surface area contributed by atoms with E-state index in [1.54, 1.807) is 0 Å². The number of carbonyl (C=O) groups excluding carboxylic acids is 1. The maximum Gasteiger partial charge on any atom is 0.224 e. The van der Waals surface area contributed by atoms with E-state index in [0.717, 1.165) is 25.4 Å². The molecule has 2 rings (SSSR count). The average Bonchev–Trinajstić information content (AvgIpc) is 2.66. The van der Waals surface area contributed by atoms with Gasteiger partial charge in [0, 0.05) is 43.6 Å². The lowest BCUT2D eigenvalue weighted by atomic mass is 10.2. The molecule has 0 aliphatic carbocycles. The molecular weight excluding hydrogens is 244 g/mol. The molecule has 0 bridgehead atoms. The largest absolute Gasteiger partial charge is 0.342 e. The Morgan fingerprint density at radius 2 is 2.38 bits per heavy atom. The van der Waals surface area contributed by atoms with Crippen molar-refractivity contribution in [2.24, 2.45) is 5.92 Å². The van der Waals surface area contributed by atoms with E-state index in [2.05, 4.69) is 12.2 Å². The minimum atomic E-state index is 0. The molecule has 2 fully saturated rings. The van der Waals surface area contributed by atoms with Crippen LogP contribution in [-0.4, -0.2) is 48.0 Å². The first kappa shape index (κ1) is 14.1. The van der Waals surface area contributed by atoms with E-state index in [9.17, 15) is 4.79 Å². The fourth-order valence-corrected chi connectivity index (χ4v) is 3.20. The number of likely N-dealkylation sites (tertiary alicyclic amines) is 1. The molecular formula is C11H21ClN2OS. The Kier molecular flexibility index (Phi) is 5.94. The number of rotatable bonds is 2. The van der Waals surface area contributed by atoms with E-state index in [0.29, 0.717) is 24.3 Å². The first-order valence-corrected chi connectivity index (χ1v) is 7.00. The van der Waals surface area contributed by atoms with Gasteiger partial charge in [0.15, 0.2) is 0 Å². The predicted octanol–water partition coefficient (Wildman–Crippen LogP) is 1.37. The lowest BCUT2D eigenvalue weighted by Gasteiger charge is -2.25. The van der Waals surface area contributed by atoms with Gasteiger partial charge in [-0.2, -0.15) is 11.8 Å². The van der Waals surface area contributed by atoms with E-state index in [1.165, 1.54) is 12.2 Å². The van der Waals surface area contributed by atoms with Crippen LogP contribution in [0.1, 0.15) is 19.8 Å². The van der Waals surface area contributed by atoms with Crippen LogP contribution in [0.5, 0.6) is 0 Å². The molecule has 0 saturated carbocycles. The number of halogens is 1. The summed E-state index contributed by atoms with van der Waals surface area (Å²) in [5, 5.41) is 3.42. The summed E-state index contributed by atoms with van der Waals surface area (Å²) in [5.74, 6) is 3.32. The summed E-state index contributed by atoms with van der Waals surface area (Å²) in [5.41, 5.74) is 0. The van der Waals surface area contributed by atoms with Crippen molar-refractivity contribution in [2.75, 3.05) is 31.1 Å². The number of hydrogen-bond donors (Lipinski definition) is 1. The number of carbonyl (C=O) groups is 1. The molecule has 0 aromatic heterocycles. The molecule has 2 aliphatic heterocycles. The molecule has 2 unspecified atom stereocenters. The van der Waals surface area contributed by atoms with Crippen LogP contribution in [0, 0.1) is 5.92 Å². The zero-order valence-corrected chi connectivity index (χ0v) is 11.4. The van der Waals surface area contributed by atoms with Crippen molar-refractivity contribution in [3.05, 3.63) is 0 Å². The molecule has 1 amide bonds. The van der Waals surface area contributed by atoms with Gasteiger partial charge < -0.3 is 10.2 Å². The summed E-state index contributed by atoms with van der Waals surface area (Å²) in [6.07, 6.45) is 1.87. The van der Waals surface area contributed by atoms with E-state index in [1.807, 2.05) is 16.7 Å². The highest BCUT2D eigenvalue weighted by molar-refractivity contribution is 7.99. The van der Waals surface area contributed by atoms with E-state index in [-0.39, 0.29) is 12.4 Å². The van der Waals surface area contributed by atoms with Gasteiger partial charge >= 0.3 is 0 Å². The highest BCUT2D eigenvalue weighted by Gasteiger charge is 2.25. The lowest BCUT2D eigenvalue weighted by Crippen LogP contribution is -2.42. The van der Waals surface area contributed by atoms with Crippen molar-refractivity contribution in [3.63, 3.8) is 0 Å². The van der Waals surface area contributed by atoms with Crippen LogP contribution in [0.3, 0.4) is 0 Å². The van der Waals surface area contributed by atoms with Gasteiger partial charge in [0.1, 0.15) is 0 Å². The zero-order valence-electron chi connectivity index (χ0n) is 9.78. The van der Waals surface area contributed by atoms with Crippen LogP contribution in [-0.2, 0) is 4.79 Å². The summed E-state index contributed by atoms with van der Waals surface area (Å²) >= 11 is 1.95. The minimum absolute atomic E-state index is 0. The van der Waals surface area contributed by atoms with Crippen molar-refractivity contribution in [2.45, 2.75) is 25.8 Å². The maximum absolute atomic E-state index is 11.9. The lowest BCUT2D eigenvalue weighted by molar-refractivity contribution is -0.130. The third-order valence-corrected chi connectivity index (χ3v) is 4.33. The summed E-state index contributed by atoms with van der Waals surface area (Å²) in [4.78, 5) is 14.0. The Bertz CT molecular complexity index is 234. The Balaban J connectivity index is 0.00000128. The molecule has 1 N–H and O–H groups in total. The molecule has 94 valence electrons. The quantitative estimate of drug-likeness (QED) is 0.818. The van der Waals surface area contributed by atoms with Gasteiger partial charge in [-0.25, -0.2) is 0 Å². The van der Waals surface area contributed by atoms with E-state index < -0.39 is 0 Å². The monoisotopic (exact) mass is 264 g/mol. The van der Waals surface area contributed by atoms with Gasteiger partial charge in [-0.15, -0.1) is 12.4 Å². The SMILES string of the molecule is CC1CCN(C(=O)CC2CSCCN2)C1.Cl. The Labute approximate surface area is 108 Å². The smallest absolute Gasteiger partial charge is 0.224 e. The molecule has 16 heavy (non-hydrogen) atoms. The van der Waals surface area contributed by atoms with Gasteiger partial charge in [0.05, 0.1) is 0 Å². The Hall–Kier alpha value is 0.0700. The van der Waals surface area contributed by atoms with Crippen LogP contribution in [0.2, 0.25) is 0 Å². The third-order valence-electron chi connectivity index (χ3n) is 3.20. The number of thioether (sulfide) groups is 1. The zero-order chi connectivity index (χ0) is 10.7. The fraction of sp³-hybridized carbons (Fsp3) is 0.909. The van der Waals surface area contributed by atoms with E-state index >= 15 is 0 Å². The van der Waals surface area contributed by atoms with Gasteiger partial charge in [-0.1, -0.05) is 6.92 Å².